The van der Waals surface area contributed by atoms with Gasteiger partial charge in [0.1, 0.15) is 0 Å². The van der Waals surface area contributed by atoms with E-state index in [1.807, 2.05) is 0 Å². The summed E-state index contributed by atoms with van der Waals surface area (Å²) in [4.78, 5) is 11.0. The monoisotopic (exact) mass is 196 g/mol. The number of carbonyl (C=O) groups is 1. The van der Waals surface area contributed by atoms with Crippen molar-refractivity contribution in [1.82, 2.24) is 0 Å². The third kappa shape index (κ3) is 2.77. The molecule has 72 valence electrons. The zero-order valence-corrected chi connectivity index (χ0v) is 8.03. The summed E-state index contributed by atoms with van der Waals surface area (Å²) in [5.74, 6) is -2.68. The Labute approximate surface area is 77.1 Å². The molecule has 0 unspecified atom stereocenters. The third-order valence-corrected chi connectivity index (χ3v) is 1.44. The molecule has 0 atom stereocenters. The molecule has 0 aliphatic heterocycles. The molecule has 0 rings (SSSR count). The first-order chi connectivity index (χ1) is 4.98. The van der Waals surface area contributed by atoms with Gasteiger partial charge in [-0.2, -0.15) is 0 Å². The van der Waals surface area contributed by atoms with Gasteiger partial charge in [0.2, 0.25) is 5.79 Å². The predicted octanol–water partition coefficient (Wildman–Crippen LogP) is -0.0777. The maximum absolute atomic E-state index is 11.0. The zero-order chi connectivity index (χ0) is 9.07. The van der Waals surface area contributed by atoms with Gasteiger partial charge in [0.15, 0.2) is 5.84 Å². The smallest absolute Gasteiger partial charge is 0.255 e. The van der Waals surface area contributed by atoms with Crippen molar-refractivity contribution in [2.24, 2.45) is 5.73 Å². The number of methoxy groups -OCH3 is 2. The van der Waals surface area contributed by atoms with E-state index in [1.165, 1.54) is 21.1 Å². The molecule has 0 saturated heterocycles. The van der Waals surface area contributed by atoms with Crippen molar-refractivity contribution in [3.8, 4) is 0 Å². The molecule has 0 fully saturated rings. The highest BCUT2D eigenvalue weighted by Gasteiger charge is 2.34. The van der Waals surface area contributed by atoms with Gasteiger partial charge < -0.3 is 15.2 Å². The first kappa shape index (κ1) is 13.9. The first-order valence-electron chi connectivity index (χ1n) is 2.97. The highest BCUT2D eigenvalue weighted by atomic mass is 35.5. The van der Waals surface area contributed by atoms with Gasteiger partial charge in [-0.15, -0.1) is 12.4 Å². The molecule has 0 amide bonds. The summed E-state index contributed by atoms with van der Waals surface area (Å²) in [5.41, 5.74) is 4.95. The molecule has 0 heterocycles. The van der Waals surface area contributed by atoms with E-state index in [0.717, 1.165) is 0 Å². The van der Waals surface area contributed by atoms with Crippen LogP contribution in [0.5, 0.6) is 0 Å². The number of halogens is 1. The number of nitrogens with two attached hydrogens (primary N) is 1. The number of ketones is 1. The van der Waals surface area contributed by atoms with E-state index in [1.54, 1.807) is 0 Å². The van der Waals surface area contributed by atoms with Crippen LogP contribution in [0.2, 0.25) is 0 Å². The number of hydrogen-bond donors (Lipinski definition) is 2. The van der Waals surface area contributed by atoms with Crippen LogP contribution >= 0.6 is 12.4 Å². The third-order valence-electron chi connectivity index (χ3n) is 1.44. The van der Waals surface area contributed by atoms with E-state index >= 15 is 0 Å². The highest BCUT2D eigenvalue weighted by molar-refractivity contribution is 6.39. The average Bonchev–Trinajstić information content (AvgIpc) is 2.01. The lowest BCUT2D eigenvalue weighted by Gasteiger charge is -2.23. The van der Waals surface area contributed by atoms with Crippen LogP contribution in [0.25, 0.3) is 0 Å². The Kier molecular flexibility index (Phi) is 5.88. The van der Waals surface area contributed by atoms with Crippen molar-refractivity contribution in [3.63, 3.8) is 0 Å². The summed E-state index contributed by atoms with van der Waals surface area (Å²) >= 11 is 0. The van der Waals surface area contributed by atoms with Gasteiger partial charge in [0, 0.05) is 14.2 Å². The zero-order valence-electron chi connectivity index (χ0n) is 7.21. The molecule has 0 aromatic carbocycles. The molecule has 5 nitrogen and oxygen atoms in total. The molecule has 0 aliphatic rings. The number of ether oxygens (including phenoxy) is 2. The maximum Gasteiger partial charge on any atom is 0.255 e. The summed E-state index contributed by atoms with van der Waals surface area (Å²) in [7, 11) is 2.62. The van der Waals surface area contributed by atoms with Crippen LogP contribution < -0.4 is 5.73 Å². The molecule has 0 aromatic rings. The van der Waals surface area contributed by atoms with Crippen LogP contribution in [-0.4, -0.2) is 31.6 Å². The van der Waals surface area contributed by atoms with Crippen LogP contribution in [0.4, 0.5) is 0 Å². The van der Waals surface area contributed by atoms with Crippen LogP contribution in [0.1, 0.15) is 6.92 Å². The fourth-order valence-corrected chi connectivity index (χ4v) is 0.513. The Morgan fingerprint density at radius 2 is 1.75 bits per heavy atom. The molecule has 0 spiro atoms. The van der Waals surface area contributed by atoms with Gasteiger partial charge in [0.05, 0.1) is 0 Å². The second kappa shape index (κ2) is 5.08. The SMILES string of the molecule is COC(C)(OC)C(=O)C(=N)N.Cl. The Balaban J connectivity index is 0. The Hall–Kier alpha value is -0.650. The second-order valence-corrected chi connectivity index (χ2v) is 2.10. The molecular formula is C6H13ClN2O3. The lowest BCUT2D eigenvalue weighted by Crippen LogP contribution is -2.46. The van der Waals surface area contributed by atoms with Crippen molar-refractivity contribution in [1.29, 1.82) is 5.41 Å². The minimum absolute atomic E-state index is 0. The minimum atomic E-state index is -1.42. The summed E-state index contributed by atoms with van der Waals surface area (Å²) in [6.07, 6.45) is 0. The number of carbonyl (C=O) groups excluding carboxylic acids is 1. The van der Waals surface area contributed by atoms with E-state index in [9.17, 15) is 4.79 Å². The van der Waals surface area contributed by atoms with Crippen LogP contribution in [0.15, 0.2) is 0 Å². The summed E-state index contributed by atoms with van der Waals surface area (Å²) in [5, 5.41) is 6.83. The predicted molar refractivity (Wildman–Crippen MR) is 46.6 cm³/mol. The second-order valence-electron chi connectivity index (χ2n) is 2.10. The Morgan fingerprint density at radius 3 is 1.83 bits per heavy atom. The summed E-state index contributed by atoms with van der Waals surface area (Å²) in [6, 6.07) is 0. The molecular weight excluding hydrogens is 184 g/mol. The average molecular weight is 197 g/mol. The van der Waals surface area contributed by atoms with Gasteiger partial charge in [0.25, 0.3) is 5.78 Å². The van der Waals surface area contributed by atoms with Crippen molar-refractivity contribution in [2.75, 3.05) is 14.2 Å². The molecule has 6 heteroatoms. The quantitative estimate of drug-likeness (QED) is 0.374. The van der Waals surface area contributed by atoms with Gasteiger partial charge in [-0.1, -0.05) is 0 Å². The largest absolute Gasteiger partial charge is 0.381 e. The van der Waals surface area contributed by atoms with Gasteiger partial charge in [-0.05, 0) is 6.92 Å². The number of rotatable bonds is 4. The van der Waals surface area contributed by atoms with Crippen molar-refractivity contribution < 1.29 is 14.3 Å². The molecule has 0 aromatic heterocycles. The van der Waals surface area contributed by atoms with Crippen LogP contribution in [0.3, 0.4) is 0 Å². The lowest BCUT2D eigenvalue weighted by atomic mass is 10.2. The summed E-state index contributed by atoms with van der Waals surface area (Å²) in [6.45, 7) is 1.40. The van der Waals surface area contributed by atoms with E-state index in [-0.39, 0.29) is 12.4 Å². The fourth-order valence-electron chi connectivity index (χ4n) is 0.513. The molecule has 0 bridgehead atoms. The maximum atomic E-state index is 11.0. The van der Waals surface area contributed by atoms with E-state index < -0.39 is 17.4 Å². The fraction of sp³-hybridized carbons (Fsp3) is 0.667. The van der Waals surface area contributed by atoms with Crippen molar-refractivity contribution in [2.45, 2.75) is 12.7 Å². The van der Waals surface area contributed by atoms with Crippen LogP contribution in [0, 0.1) is 5.41 Å². The lowest BCUT2D eigenvalue weighted by molar-refractivity contribution is -0.192. The van der Waals surface area contributed by atoms with Crippen LogP contribution in [-0.2, 0) is 14.3 Å². The van der Waals surface area contributed by atoms with Gasteiger partial charge >= 0.3 is 0 Å². The number of Topliss-reactive ketones (excluding diaryl/α,β-unsaturated/α-hetero) is 1. The van der Waals surface area contributed by atoms with E-state index in [2.05, 4.69) is 0 Å². The number of nitrogens with one attached hydrogen (secondary N) is 1. The molecule has 0 aliphatic carbocycles. The molecule has 0 radical (unpaired) electrons. The number of hydrogen-bond acceptors (Lipinski definition) is 4. The molecule has 3 N–H and O–H groups in total. The Bertz CT molecular complexity index is 180. The molecule has 12 heavy (non-hydrogen) atoms. The van der Waals surface area contributed by atoms with Crippen molar-refractivity contribution in [3.05, 3.63) is 0 Å². The minimum Gasteiger partial charge on any atom is -0.381 e. The first-order valence-corrected chi connectivity index (χ1v) is 2.97. The van der Waals surface area contributed by atoms with Gasteiger partial charge in [-0.3, -0.25) is 10.2 Å². The number of amidine groups is 1. The van der Waals surface area contributed by atoms with E-state index in [4.69, 9.17) is 20.6 Å². The van der Waals surface area contributed by atoms with Crippen molar-refractivity contribution >= 4 is 24.0 Å². The highest BCUT2D eigenvalue weighted by Crippen LogP contribution is 2.10. The normalized spacial score (nSPS) is 10.2. The standard InChI is InChI=1S/C6H12N2O3.ClH/c1-6(10-2,11-3)4(9)5(7)8;/h1-3H3,(H3,7,8);1H. The Morgan fingerprint density at radius 1 is 1.42 bits per heavy atom. The topological polar surface area (TPSA) is 85.4 Å². The summed E-state index contributed by atoms with van der Waals surface area (Å²) < 4.78 is 9.43. The molecule has 0 saturated carbocycles. The van der Waals surface area contributed by atoms with E-state index in [0.29, 0.717) is 0 Å². The van der Waals surface area contributed by atoms with Gasteiger partial charge in [-0.25, -0.2) is 0 Å².